The van der Waals surface area contributed by atoms with Crippen molar-refractivity contribution in [3.8, 4) is 11.8 Å². The van der Waals surface area contributed by atoms with Crippen LogP contribution in [-0.2, 0) is 21.2 Å². The summed E-state index contributed by atoms with van der Waals surface area (Å²) >= 11 is 0. The zero-order chi connectivity index (χ0) is 20.4. The number of carbonyl (C=O) groups is 2. The summed E-state index contributed by atoms with van der Waals surface area (Å²) < 4.78 is 26.6. The fourth-order valence-corrected chi connectivity index (χ4v) is 4.80. The van der Waals surface area contributed by atoms with E-state index >= 15 is 0 Å². The van der Waals surface area contributed by atoms with Gasteiger partial charge in [0, 0.05) is 36.1 Å². The number of nitrogens with zero attached hydrogens (tertiary/aromatic N) is 2. The number of carbonyl (C=O) groups excluding carboxylic acids is 2. The maximum Gasteiger partial charge on any atom is 0.322 e. The molecule has 1 aromatic heterocycles. The molecule has 1 fully saturated rings. The molecule has 1 saturated heterocycles. The van der Waals surface area contributed by atoms with E-state index in [1.165, 1.54) is 11.2 Å². The summed E-state index contributed by atoms with van der Waals surface area (Å²) in [5.74, 6) is 4.99. The molecule has 28 heavy (non-hydrogen) atoms. The average molecular weight is 402 g/mol. The number of aryl methyl sites for hydroxylation is 1. The lowest BCUT2D eigenvalue weighted by atomic mass is 10.1. The molecule has 3 rings (SSSR count). The molecule has 0 aromatic carbocycles. The molecule has 1 atom stereocenters. The SMILES string of the molecule is CCc1ccc(C#CC2=CCN(S(=O)(=O)C[C@@]3(C)NC(=O)NC3=O)CC2)cn1. The van der Waals surface area contributed by atoms with E-state index in [2.05, 4.69) is 27.5 Å². The van der Waals surface area contributed by atoms with E-state index in [9.17, 15) is 18.0 Å². The Hall–Kier alpha value is -2.70. The number of nitrogens with one attached hydrogen (secondary N) is 2. The van der Waals surface area contributed by atoms with Gasteiger partial charge in [-0.25, -0.2) is 13.2 Å². The molecule has 0 aliphatic carbocycles. The van der Waals surface area contributed by atoms with Gasteiger partial charge in [-0.05, 0) is 31.9 Å². The van der Waals surface area contributed by atoms with Gasteiger partial charge in [0.1, 0.15) is 5.54 Å². The van der Waals surface area contributed by atoms with Crippen molar-refractivity contribution in [1.82, 2.24) is 19.9 Å². The van der Waals surface area contributed by atoms with Crippen LogP contribution in [0.15, 0.2) is 30.0 Å². The second-order valence-corrected chi connectivity index (χ2v) is 8.94. The summed E-state index contributed by atoms with van der Waals surface area (Å²) in [6, 6.07) is 3.17. The monoisotopic (exact) mass is 402 g/mol. The maximum absolute atomic E-state index is 12.7. The normalized spacial score (nSPS) is 22.7. The molecule has 3 amide bonds. The van der Waals surface area contributed by atoms with E-state index in [-0.39, 0.29) is 13.1 Å². The number of aromatic nitrogens is 1. The molecule has 9 heteroatoms. The van der Waals surface area contributed by atoms with Gasteiger partial charge in [0.05, 0.1) is 5.75 Å². The fraction of sp³-hybridized carbons (Fsp3) is 0.421. The number of rotatable bonds is 4. The second-order valence-electron chi connectivity index (χ2n) is 6.98. The van der Waals surface area contributed by atoms with Crippen molar-refractivity contribution in [2.45, 2.75) is 32.2 Å². The van der Waals surface area contributed by atoms with E-state index < -0.39 is 33.3 Å². The van der Waals surface area contributed by atoms with Crippen LogP contribution in [0, 0.1) is 11.8 Å². The Labute approximate surface area is 164 Å². The van der Waals surface area contributed by atoms with Crippen LogP contribution >= 0.6 is 0 Å². The number of pyridine rings is 1. The highest BCUT2D eigenvalue weighted by Gasteiger charge is 2.46. The molecule has 0 radical (unpaired) electrons. The van der Waals surface area contributed by atoms with E-state index in [0.717, 1.165) is 23.3 Å². The van der Waals surface area contributed by atoms with E-state index in [1.807, 2.05) is 19.1 Å². The highest BCUT2D eigenvalue weighted by atomic mass is 32.2. The van der Waals surface area contributed by atoms with Gasteiger partial charge < -0.3 is 5.32 Å². The Bertz CT molecular complexity index is 989. The average Bonchev–Trinajstić information content (AvgIpc) is 2.91. The van der Waals surface area contributed by atoms with Gasteiger partial charge in [-0.2, -0.15) is 4.31 Å². The van der Waals surface area contributed by atoms with Crippen molar-refractivity contribution in [2.75, 3.05) is 18.8 Å². The summed E-state index contributed by atoms with van der Waals surface area (Å²) in [6.07, 6.45) is 4.86. The third-order valence-corrected chi connectivity index (χ3v) is 6.77. The molecule has 2 aliphatic rings. The zero-order valence-corrected chi connectivity index (χ0v) is 16.6. The third kappa shape index (κ3) is 4.40. The predicted octanol–water partition coefficient (Wildman–Crippen LogP) is 0.556. The van der Waals surface area contributed by atoms with Gasteiger partial charge in [0.25, 0.3) is 5.91 Å². The van der Waals surface area contributed by atoms with Gasteiger partial charge in [0.2, 0.25) is 10.0 Å². The minimum absolute atomic E-state index is 0.186. The predicted molar refractivity (Wildman–Crippen MR) is 104 cm³/mol. The summed E-state index contributed by atoms with van der Waals surface area (Å²) in [4.78, 5) is 27.5. The van der Waals surface area contributed by atoms with Crippen molar-refractivity contribution in [1.29, 1.82) is 0 Å². The first-order valence-corrected chi connectivity index (χ1v) is 10.6. The first-order valence-electron chi connectivity index (χ1n) is 8.99. The minimum atomic E-state index is -3.72. The van der Waals surface area contributed by atoms with E-state index in [4.69, 9.17) is 0 Å². The summed E-state index contributed by atoms with van der Waals surface area (Å²) in [7, 11) is -3.72. The first kappa shape index (κ1) is 20.0. The van der Waals surface area contributed by atoms with Crippen LogP contribution < -0.4 is 10.6 Å². The number of urea groups is 1. The Morgan fingerprint density at radius 3 is 2.61 bits per heavy atom. The topological polar surface area (TPSA) is 108 Å². The molecule has 148 valence electrons. The minimum Gasteiger partial charge on any atom is -0.322 e. The molecule has 0 saturated carbocycles. The Morgan fingerprint density at radius 2 is 2.07 bits per heavy atom. The van der Waals surface area contributed by atoms with Gasteiger partial charge in [-0.3, -0.25) is 15.1 Å². The molecule has 1 aromatic rings. The smallest absolute Gasteiger partial charge is 0.322 e. The largest absolute Gasteiger partial charge is 0.322 e. The molecule has 0 bridgehead atoms. The highest BCUT2D eigenvalue weighted by Crippen LogP contribution is 2.19. The highest BCUT2D eigenvalue weighted by molar-refractivity contribution is 7.89. The fourth-order valence-electron chi connectivity index (χ4n) is 3.01. The lowest BCUT2D eigenvalue weighted by Crippen LogP contribution is -2.52. The van der Waals surface area contributed by atoms with Crippen LogP contribution in [0.3, 0.4) is 0 Å². The Kier molecular flexibility index (Phi) is 5.54. The molecule has 3 heterocycles. The van der Waals surface area contributed by atoms with Crippen molar-refractivity contribution in [3.05, 3.63) is 41.2 Å². The molecule has 2 aliphatic heterocycles. The Morgan fingerprint density at radius 1 is 1.29 bits per heavy atom. The molecular weight excluding hydrogens is 380 g/mol. The van der Waals surface area contributed by atoms with Crippen molar-refractivity contribution in [3.63, 3.8) is 0 Å². The van der Waals surface area contributed by atoms with Crippen LogP contribution in [0.4, 0.5) is 4.79 Å². The van der Waals surface area contributed by atoms with Gasteiger partial charge in [0.15, 0.2) is 0 Å². The van der Waals surface area contributed by atoms with Crippen molar-refractivity contribution >= 4 is 22.0 Å². The van der Waals surface area contributed by atoms with Crippen LogP contribution in [-0.4, -0.2) is 54.0 Å². The number of sulfonamides is 1. The lowest BCUT2D eigenvalue weighted by Gasteiger charge is -2.28. The zero-order valence-electron chi connectivity index (χ0n) is 15.8. The third-order valence-electron chi connectivity index (χ3n) is 4.71. The molecule has 2 N–H and O–H groups in total. The van der Waals surface area contributed by atoms with Gasteiger partial charge >= 0.3 is 6.03 Å². The number of imide groups is 1. The summed E-state index contributed by atoms with van der Waals surface area (Å²) in [5.41, 5.74) is 1.22. The molecular formula is C19H22N4O4S. The number of hydrogen-bond donors (Lipinski definition) is 2. The summed E-state index contributed by atoms with van der Waals surface area (Å²) in [6.45, 7) is 3.90. The van der Waals surface area contributed by atoms with Gasteiger partial charge in [-0.15, -0.1) is 0 Å². The summed E-state index contributed by atoms with van der Waals surface area (Å²) in [5, 5.41) is 4.45. The van der Waals surface area contributed by atoms with Gasteiger partial charge in [-0.1, -0.05) is 24.8 Å². The van der Waals surface area contributed by atoms with Crippen LogP contribution in [0.25, 0.3) is 0 Å². The number of amides is 3. The maximum atomic E-state index is 12.7. The van der Waals surface area contributed by atoms with Crippen molar-refractivity contribution in [2.24, 2.45) is 0 Å². The van der Waals surface area contributed by atoms with E-state index in [0.29, 0.717) is 6.42 Å². The molecule has 0 spiro atoms. The second kappa shape index (κ2) is 7.73. The first-order chi connectivity index (χ1) is 13.2. The molecule has 8 nitrogen and oxygen atoms in total. The van der Waals surface area contributed by atoms with Crippen LogP contribution in [0.2, 0.25) is 0 Å². The van der Waals surface area contributed by atoms with Crippen LogP contribution in [0.5, 0.6) is 0 Å². The quantitative estimate of drug-likeness (QED) is 0.565. The standard InChI is InChI=1S/C19H22N4O4S/c1-3-16-7-6-15(12-20-16)5-4-14-8-10-23(11-9-14)28(26,27)13-19(2)17(24)21-18(25)22-19/h6-8,12H,3,9-11,13H2,1-2H3,(H2,21,22,24,25)/t19-/m1/s1. The Balaban J connectivity index is 1.65. The van der Waals surface area contributed by atoms with Crippen molar-refractivity contribution < 1.29 is 18.0 Å². The van der Waals surface area contributed by atoms with E-state index in [1.54, 1.807) is 12.3 Å². The molecule has 0 unspecified atom stereocenters. The van der Waals surface area contributed by atoms with Crippen LogP contribution in [0.1, 0.15) is 31.5 Å². The number of hydrogen-bond acceptors (Lipinski definition) is 5. The lowest BCUT2D eigenvalue weighted by molar-refractivity contribution is -0.122.